The Morgan fingerprint density at radius 2 is 0.717 bits per heavy atom. The van der Waals surface area contributed by atoms with Crippen molar-refractivity contribution in [1.82, 2.24) is 0 Å². The molecule has 0 aliphatic heterocycles. The third-order valence-corrected chi connectivity index (χ3v) is 31.6. The number of esters is 2. The van der Waals surface area contributed by atoms with E-state index in [0.29, 0.717) is 108 Å². The van der Waals surface area contributed by atoms with Crippen LogP contribution in [0, 0.1) is 139 Å². The number of hydrogen-bond donors (Lipinski definition) is 9. The first-order chi connectivity index (χ1) is 43.5. The van der Waals surface area contributed by atoms with Crippen LogP contribution < -0.4 is 0 Å². The van der Waals surface area contributed by atoms with Gasteiger partial charge in [-0.05, 0) is 312 Å². The third kappa shape index (κ3) is 13.5. The standard InChI is InChI=1S/C50H82O9.C24H40O4.CH2O2.CH4O/c1-28(36-14-16-38-34-12-10-30-24-32(51)20-22-47(30,3)40(34)26-42(53)49(36,38)5)8-18-44(55)58-46(57-7)59-45(56)19-9-29(2)37-15-17-39-35-13-11-31-25-33(52)21-23-48(31,4)41(35)27-43(54)50(37,39)6;1-14(4-9-22(27)28)18-7-8-19-17-6-5-15-12-16(25)10-11-23(15,2)20(17)13-21(26)24(18,19)3;2-1-3;1-2/h28-43,46,51-54H,8-27H2,1-7H3;14-21,25-26H,4-13H2,1-3H3,(H,27,28);1H,(H,2,3);2H,1H3. The second kappa shape index (κ2) is 29.6. The molecular weight excluding hydrogens is 1170 g/mol. The minimum Gasteiger partial charge on any atom is -0.483 e. The summed E-state index contributed by atoms with van der Waals surface area (Å²) >= 11 is 0. The zero-order valence-corrected chi connectivity index (χ0v) is 58.6. The molecule has 30 atom stereocenters. The first-order valence-corrected chi connectivity index (χ1v) is 37.3. The number of carbonyl (C=O) groups excluding carboxylic acids is 2. The van der Waals surface area contributed by atoms with Gasteiger partial charge < -0.3 is 60.2 Å². The summed E-state index contributed by atoms with van der Waals surface area (Å²) in [7, 11) is 2.39. The Morgan fingerprint density at radius 3 is 0.989 bits per heavy atom. The van der Waals surface area contributed by atoms with Crippen molar-refractivity contribution in [3.8, 4) is 0 Å². The fourth-order valence-corrected chi connectivity index (χ4v) is 26.6. The van der Waals surface area contributed by atoms with E-state index in [2.05, 4.69) is 62.3 Å². The fourth-order valence-electron chi connectivity index (χ4n) is 26.6. The number of fused-ring (bicyclic) bond motifs is 15. The molecule has 0 saturated heterocycles. The van der Waals surface area contributed by atoms with Crippen LogP contribution in [0.1, 0.15) is 255 Å². The summed E-state index contributed by atoms with van der Waals surface area (Å²) in [6, 6.07) is 0. The summed E-state index contributed by atoms with van der Waals surface area (Å²) < 4.78 is 16.5. The molecule has 528 valence electrons. The number of aliphatic hydroxyl groups is 7. The molecule has 0 heterocycles. The molecule has 12 aliphatic carbocycles. The van der Waals surface area contributed by atoms with Gasteiger partial charge in [-0.3, -0.25) is 19.2 Å². The van der Waals surface area contributed by atoms with Gasteiger partial charge >= 0.3 is 24.4 Å². The lowest BCUT2D eigenvalue weighted by Crippen LogP contribution is -2.58. The van der Waals surface area contributed by atoms with Crippen molar-refractivity contribution in [2.45, 2.75) is 298 Å². The highest BCUT2D eigenvalue weighted by Gasteiger charge is 2.67. The number of methoxy groups -OCH3 is 1. The summed E-state index contributed by atoms with van der Waals surface area (Å²) in [6.07, 6.45) is 26.5. The van der Waals surface area contributed by atoms with Crippen LogP contribution in [0.2, 0.25) is 0 Å². The van der Waals surface area contributed by atoms with E-state index in [1.165, 1.54) is 52.1 Å². The van der Waals surface area contributed by atoms with Gasteiger partial charge in [0.05, 0.1) is 36.6 Å². The summed E-state index contributed by atoms with van der Waals surface area (Å²) in [6.45, 7) is 19.4. The lowest BCUT2D eigenvalue weighted by Gasteiger charge is -2.62. The number of rotatable bonds is 15. The average Bonchev–Trinajstić information content (AvgIpc) is 1.36. The third-order valence-electron chi connectivity index (χ3n) is 31.6. The molecular formula is C76H128O16. The summed E-state index contributed by atoms with van der Waals surface area (Å²) in [5, 5.41) is 89.4. The van der Waals surface area contributed by atoms with E-state index in [4.69, 9.17) is 34.3 Å². The van der Waals surface area contributed by atoms with Crippen molar-refractivity contribution in [1.29, 1.82) is 0 Å². The molecule has 0 amide bonds. The van der Waals surface area contributed by atoms with E-state index in [9.17, 15) is 45.0 Å². The van der Waals surface area contributed by atoms with Crippen molar-refractivity contribution < 1.29 is 79.3 Å². The van der Waals surface area contributed by atoms with E-state index in [-0.39, 0.29) is 107 Å². The predicted molar refractivity (Wildman–Crippen MR) is 350 cm³/mol. The van der Waals surface area contributed by atoms with Crippen LogP contribution in [-0.4, -0.2) is 128 Å². The Balaban J connectivity index is 0.000000252. The van der Waals surface area contributed by atoms with Crippen LogP contribution in [0.25, 0.3) is 0 Å². The maximum Gasteiger partial charge on any atom is 0.364 e. The summed E-state index contributed by atoms with van der Waals surface area (Å²) in [5.41, 5.74) is 0.288. The maximum atomic E-state index is 13.2. The molecule has 0 bridgehead atoms. The lowest BCUT2D eigenvalue weighted by atomic mass is 9.43. The Hall–Kier alpha value is -2.44. The number of aliphatic carboxylic acids is 1. The van der Waals surface area contributed by atoms with E-state index < -0.39 is 24.4 Å². The molecule has 16 nitrogen and oxygen atoms in total. The quantitative estimate of drug-likeness (QED) is 0.0419. The topological polar surface area (TPSA) is 278 Å². The van der Waals surface area contributed by atoms with Crippen LogP contribution in [0.5, 0.6) is 0 Å². The van der Waals surface area contributed by atoms with E-state index in [1.807, 2.05) is 0 Å². The van der Waals surface area contributed by atoms with Gasteiger partial charge in [0.2, 0.25) is 0 Å². The maximum absolute atomic E-state index is 13.2. The Labute approximate surface area is 552 Å². The van der Waals surface area contributed by atoms with Crippen molar-refractivity contribution in [2.75, 3.05) is 14.2 Å². The monoisotopic (exact) mass is 1300 g/mol. The number of carboxylic acids is 1. The largest absolute Gasteiger partial charge is 0.483 e. The molecule has 12 rings (SSSR count). The number of carboxylic acid groups (broad SMARTS) is 2. The molecule has 12 fully saturated rings. The molecule has 12 saturated carbocycles. The van der Waals surface area contributed by atoms with Crippen LogP contribution >= 0.6 is 0 Å². The van der Waals surface area contributed by atoms with Crippen molar-refractivity contribution in [3.05, 3.63) is 0 Å². The average molecular weight is 1300 g/mol. The smallest absolute Gasteiger partial charge is 0.364 e. The first-order valence-electron chi connectivity index (χ1n) is 37.3. The van der Waals surface area contributed by atoms with Crippen LogP contribution in [0.3, 0.4) is 0 Å². The fraction of sp³-hybridized carbons (Fsp3) is 0.947. The number of carbonyl (C=O) groups is 4. The van der Waals surface area contributed by atoms with Crippen LogP contribution in [-0.2, 0) is 33.4 Å². The van der Waals surface area contributed by atoms with Crippen molar-refractivity contribution >= 4 is 24.4 Å². The zero-order valence-electron chi connectivity index (χ0n) is 58.6. The van der Waals surface area contributed by atoms with Gasteiger partial charge in [-0.25, -0.2) is 0 Å². The molecule has 0 aromatic heterocycles. The van der Waals surface area contributed by atoms with Crippen molar-refractivity contribution in [2.24, 2.45) is 139 Å². The lowest BCUT2D eigenvalue weighted by molar-refractivity contribution is -0.257. The van der Waals surface area contributed by atoms with Gasteiger partial charge in [0.1, 0.15) is 0 Å². The Morgan fingerprint density at radius 1 is 0.435 bits per heavy atom. The molecule has 30 unspecified atom stereocenters. The van der Waals surface area contributed by atoms with Gasteiger partial charge in [-0.15, -0.1) is 0 Å². The minimum absolute atomic E-state index is 0.0591. The Kier molecular flexibility index (Phi) is 23.7. The number of ether oxygens (including phenoxy) is 3. The van der Waals surface area contributed by atoms with Gasteiger partial charge in [-0.1, -0.05) is 62.3 Å². The van der Waals surface area contributed by atoms with Gasteiger partial charge in [0.15, 0.2) is 0 Å². The number of aliphatic hydroxyl groups excluding tert-OH is 7. The second-order valence-corrected chi connectivity index (χ2v) is 34.7. The first kappa shape index (κ1) is 73.8. The van der Waals surface area contributed by atoms with E-state index in [1.54, 1.807) is 0 Å². The molecule has 92 heavy (non-hydrogen) atoms. The van der Waals surface area contributed by atoms with Crippen LogP contribution in [0.15, 0.2) is 0 Å². The highest BCUT2D eigenvalue weighted by molar-refractivity contribution is 5.71. The summed E-state index contributed by atoms with van der Waals surface area (Å²) in [5.74, 6) is 7.13. The highest BCUT2D eigenvalue weighted by atomic mass is 16.9. The SMILES string of the molecule is CC(CCC(=O)O)C1CCC2C3CCC4CC(O)CCC4(C)C3CC(O)C12C.CO.COC(OC(=O)CCC(C)C1CCC2C3CCC4CC(O)CCC4(C)C3CC(O)C12C)OC(=O)CCC(C)C1CCC2C3CCC4CC(O)CCC4(C)C3CC(O)C12C.O=CO. The van der Waals surface area contributed by atoms with E-state index in [0.717, 1.165) is 123 Å². The number of hydrogen-bond acceptors (Lipinski definition) is 14. The van der Waals surface area contributed by atoms with Gasteiger partial charge in [0.25, 0.3) is 6.47 Å². The minimum atomic E-state index is -1.38. The Bertz CT molecular complexity index is 2370. The normalized spacial score (nSPS) is 48.3. The van der Waals surface area contributed by atoms with Gasteiger partial charge in [-0.2, -0.15) is 0 Å². The van der Waals surface area contributed by atoms with Gasteiger partial charge in [0, 0.05) is 33.5 Å². The summed E-state index contributed by atoms with van der Waals surface area (Å²) in [4.78, 5) is 45.8. The second-order valence-electron chi connectivity index (χ2n) is 34.7. The van der Waals surface area contributed by atoms with Crippen LogP contribution in [0.4, 0.5) is 0 Å². The molecule has 12 aliphatic rings. The molecule has 0 radical (unpaired) electrons. The molecule has 0 aromatic carbocycles. The molecule has 0 aromatic rings. The molecule has 0 spiro atoms. The highest BCUT2D eigenvalue weighted by Crippen LogP contribution is 2.72. The zero-order chi connectivity index (χ0) is 67.2. The molecule has 9 N–H and O–H groups in total. The van der Waals surface area contributed by atoms with E-state index >= 15 is 0 Å². The molecule has 16 heteroatoms. The predicted octanol–water partition coefficient (Wildman–Crippen LogP) is 12.6. The van der Waals surface area contributed by atoms with Crippen molar-refractivity contribution in [3.63, 3.8) is 0 Å².